The van der Waals surface area contributed by atoms with Crippen molar-refractivity contribution in [1.82, 2.24) is 4.98 Å². The van der Waals surface area contributed by atoms with Gasteiger partial charge in [0.15, 0.2) is 5.13 Å². The van der Waals surface area contributed by atoms with Crippen molar-refractivity contribution in [3.63, 3.8) is 0 Å². The van der Waals surface area contributed by atoms with E-state index in [0.29, 0.717) is 0 Å². The van der Waals surface area contributed by atoms with E-state index in [1.165, 1.54) is 43.4 Å². The number of aromatic nitrogens is 1. The highest BCUT2D eigenvalue weighted by Crippen LogP contribution is 2.38. The fourth-order valence-electron chi connectivity index (χ4n) is 2.15. The quantitative estimate of drug-likeness (QED) is 0.823. The predicted molar refractivity (Wildman–Crippen MR) is 60.0 cm³/mol. The van der Waals surface area contributed by atoms with Crippen LogP contribution in [0.2, 0.25) is 0 Å². The molecule has 0 unspecified atom stereocenters. The van der Waals surface area contributed by atoms with Gasteiger partial charge in [-0.3, -0.25) is 0 Å². The number of hydrogen-bond acceptors (Lipinski definition) is 3. The Balaban J connectivity index is 1.68. The number of nitrogens with one attached hydrogen (secondary N) is 1. The van der Waals surface area contributed by atoms with E-state index in [1.54, 1.807) is 0 Å². The second-order valence-corrected chi connectivity index (χ2v) is 5.53. The van der Waals surface area contributed by atoms with Crippen LogP contribution in [-0.2, 0) is 0 Å². The summed E-state index contributed by atoms with van der Waals surface area (Å²) in [6.45, 7) is 0. The summed E-state index contributed by atoms with van der Waals surface area (Å²) in [7, 11) is 0. The van der Waals surface area contributed by atoms with Crippen LogP contribution in [0.5, 0.6) is 0 Å². The molecule has 0 aromatic carbocycles. The first-order valence-electron chi connectivity index (χ1n) is 5.64. The standard InChI is InChI=1S/C11H16N2S/c1-2-4-8(3-1)10-7-12-11(14-10)13-9-5-6-9/h7-9H,1-6H2,(H,12,13). The minimum Gasteiger partial charge on any atom is -0.359 e. The van der Waals surface area contributed by atoms with E-state index in [9.17, 15) is 0 Å². The molecule has 1 heterocycles. The van der Waals surface area contributed by atoms with Crippen molar-refractivity contribution in [2.45, 2.75) is 50.5 Å². The highest BCUT2D eigenvalue weighted by Gasteiger charge is 2.23. The van der Waals surface area contributed by atoms with Crippen LogP contribution in [0, 0.1) is 0 Å². The maximum Gasteiger partial charge on any atom is 0.183 e. The lowest BCUT2D eigenvalue weighted by atomic mass is 10.1. The molecule has 3 heteroatoms. The highest BCUT2D eigenvalue weighted by molar-refractivity contribution is 7.15. The van der Waals surface area contributed by atoms with Crippen molar-refractivity contribution in [1.29, 1.82) is 0 Å². The third-order valence-corrected chi connectivity index (χ3v) is 4.28. The Morgan fingerprint density at radius 1 is 1.21 bits per heavy atom. The first-order chi connectivity index (χ1) is 6.92. The average molecular weight is 208 g/mol. The van der Waals surface area contributed by atoms with Gasteiger partial charge in [0, 0.05) is 17.1 Å². The molecule has 0 bridgehead atoms. The number of rotatable bonds is 3. The molecule has 0 spiro atoms. The van der Waals surface area contributed by atoms with Gasteiger partial charge < -0.3 is 5.32 Å². The van der Waals surface area contributed by atoms with Crippen LogP contribution in [0.25, 0.3) is 0 Å². The molecule has 2 nitrogen and oxygen atoms in total. The second-order valence-electron chi connectivity index (χ2n) is 4.47. The van der Waals surface area contributed by atoms with Crippen molar-refractivity contribution in [3.8, 4) is 0 Å². The van der Waals surface area contributed by atoms with E-state index >= 15 is 0 Å². The molecule has 2 saturated carbocycles. The third kappa shape index (κ3) is 1.78. The molecule has 2 aliphatic carbocycles. The number of nitrogens with zero attached hydrogens (tertiary/aromatic N) is 1. The number of thiazole rings is 1. The molecule has 3 rings (SSSR count). The Morgan fingerprint density at radius 3 is 2.71 bits per heavy atom. The maximum absolute atomic E-state index is 4.45. The van der Waals surface area contributed by atoms with Crippen molar-refractivity contribution in [2.24, 2.45) is 0 Å². The van der Waals surface area contributed by atoms with Gasteiger partial charge in [0.1, 0.15) is 0 Å². The van der Waals surface area contributed by atoms with E-state index in [-0.39, 0.29) is 0 Å². The predicted octanol–water partition coefficient (Wildman–Crippen LogP) is 3.38. The topological polar surface area (TPSA) is 24.9 Å². The SMILES string of the molecule is c1nc(NC2CC2)sc1C1CCCC1. The fourth-order valence-corrected chi connectivity index (χ4v) is 3.22. The van der Waals surface area contributed by atoms with E-state index in [1.807, 2.05) is 11.3 Å². The van der Waals surface area contributed by atoms with Crippen LogP contribution < -0.4 is 5.32 Å². The summed E-state index contributed by atoms with van der Waals surface area (Å²) in [5.74, 6) is 0.822. The molecule has 0 amide bonds. The lowest BCUT2D eigenvalue weighted by Gasteiger charge is -2.03. The summed E-state index contributed by atoms with van der Waals surface area (Å²) < 4.78 is 0. The van der Waals surface area contributed by atoms with Crippen LogP contribution in [-0.4, -0.2) is 11.0 Å². The first-order valence-corrected chi connectivity index (χ1v) is 6.46. The van der Waals surface area contributed by atoms with Gasteiger partial charge in [-0.2, -0.15) is 0 Å². The Bertz CT molecular complexity index is 311. The third-order valence-electron chi connectivity index (χ3n) is 3.19. The van der Waals surface area contributed by atoms with Gasteiger partial charge in [-0.05, 0) is 31.6 Å². The van der Waals surface area contributed by atoms with E-state index in [4.69, 9.17) is 0 Å². The zero-order valence-electron chi connectivity index (χ0n) is 8.33. The molecule has 1 N–H and O–H groups in total. The molecule has 0 radical (unpaired) electrons. The molecule has 14 heavy (non-hydrogen) atoms. The summed E-state index contributed by atoms with van der Waals surface area (Å²) in [4.78, 5) is 5.95. The molecule has 0 atom stereocenters. The van der Waals surface area contributed by atoms with Crippen LogP contribution in [0.4, 0.5) is 5.13 Å². The molecule has 1 aromatic rings. The Kier molecular flexibility index (Phi) is 2.20. The molecular weight excluding hydrogens is 192 g/mol. The summed E-state index contributed by atoms with van der Waals surface area (Å²) in [5, 5.41) is 4.61. The van der Waals surface area contributed by atoms with E-state index < -0.39 is 0 Å². The van der Waals surface area contributed by atoms with Crippen LogP contribution >= 0.6 is 11.3 Å². The molecule has 2 fully saturated rings. The van der Waals surface area contributed by atoms with Crippen LogP contribution in [0.15, 0.2) is 6.20 Å². The molecule has 0 aliphatic heterocycles. The Labute approximate surface area is 88.7 Å². The Hall–Kier alpha value is -0.570. The summed E-state index contributed by atoms with van der Waals surface area (Å²) in [6.07, 6.45) is 10.3. The normalized spacial score (nSPS) is 22.9. The summed E-state index contributed by atoms with van der Waals surface area (Å²) >= 11 is 1.88. The monoisotopic (exact) mass is 208 g/mol. The summed E-state index contributed by atoms with van der Waals surface area (Å²) in [5.41, 5.74) is 0. The second kappa shape index (κ2) is 3.54. The number of hydrogen-bond donors (Lipinski definition) is 1. The summed E-state index contributed by atoms with van der Waals surface area (Å²) in [6, 6.07) is 0.734. The van der Waals surface area contributed by atoms with Crippen molar-refractivity contribution >= 4 is 16.5 Å². The lowest BCUT2D eigenvalue weighted by Crippen LogP contribution is -1.99. The highest BCUT2D eigenvalue weighted by atomic mass is 32.1. The zero-order valence-corrected chi connectivity index (χ0v) is 9.15. The molecular formula is C11H16N2S. The fraction of sp³-hybridized carbons (Fsp3) is 0.727. The van der Waals surface area contributed by atoms with Crippen LogP contribution in [0.1, 0.15) is 49.3 Å². The van der Waals surface area contributed by atoms with Gasteiger partial charge in [0.05, 0.1) is 0 Å². The minimum atomic E-state index is 0.734. The molecule has 2 aliphatic rings. The smallest absolute Gasteiger partial charge is 0.183 e. The number of anilines is 1. The van der Waals surface area contributed by atoms with Gasteiger partial charge in [0.25, 0.3) is 0 Å². The van der Waals surface area contributed by atoms with Crippen molar-refractivity contribution < 1.29 is 0 Å². The molecule has 76 valence electrons. The van der Waals surface area contributed by atoms with Crippen LogP contribution in [0.3, 0.4) is 0 Å². The Morgan fingerprint density at radius 2 is 2.00 bits per heavy atom. The molecule has 0 saturated heterocycles. The minimum absolute atomic E-state index is 0.734. The van der Waals surface area contributed by atoms with Crippen molar-refractivity contribution in [2.75, 3.05) is 5.32 Å². The zero-order chi connectivity index (χ0) is 9.38. The van der Waals surface area contributed by atoms with E-state index in [0.717, 1.165) is 17.1 Å². The average Bonchev–Trinajstić information content (AvgIpc) is 2.71. The van der Waals surface area contributed by atoms with Gasteiger partial charge in [-0.25, -0.2) is 4.98 Å². The van der Waals surface area contributed by atoms with Gasteiger partial charge >= 0.3 is 0 Å². The van der Waals surface area contributed by atoms with Gasteiger partial charge in [-0.1, -0.05) is 12.8 Å². The van der Waals surface area contributed by atoms with Gasteiger partial charge in [-0.15, -0.1) is 11.3 Å². The van der Waals surface area contributed by atoms with Gasteiger partial charge in [0.2, 0.25) is 0 Å². The largest absolute Gasteiger partial charge is 0.359 e. The van der Waals surface area contributed by atoms with Crippen molar-refractivity contribution in [3.05, 3.63) is 11.1 Å². The lowest BCUT2D eigenvalue weighted by molar-refractivity contribution is 0.736. The maximum atomic E-state index is 4.45. The van der Waals surface area contributed by atoms with E-state index in [2.05, 4.69) is 16.5 Å². The molecule has 1 aromatic heterocycles. The first kappa shape index (κ1) is 8.72.